The average Bonchev–Trinajstić information content (AvgIpc) is 2.96. The topological polar surface area (TPSA) is 152 Å². The van der Waals surface area contributed by atoms with Crippen molar-refractivity contribution in [1.29, 1.82) is 0 Å². The second-order valence-corrected chi connectivity index (χ2v) is 9.05. The number of benzene rings is 2. The van der Waals surface area contributed by atoms with Crippen LogP contribution < -0.4 is 21.7 Å². The molecule has 0 aliphatic rings. The van der Waals surface area contributed by atoms with E-state index >= 15 is 0 Å². The Morgan fingerprint density at radius 3 is 1.26 bits per heavy atom. The zero-order valence-corrected chi connectivity index (χ0v) is 22.4. The van der Waals surface area contributed by atoms with E-state index in [4.69, 9.17) is 5.73 Å². The van der Waals surface area contributed by atoms with Gasteiger partial charge in [0, 0.05) is 24.2 Å². The molecule has 10 nitrogen and oxygen atoms in total. The molecule has 0 fully saturated rings. The quantitative estimate of drug-likeness (QED) is 0.131. The number of amides is 3. The first kappa shape index (κ1) is 31.4. The van der Waals surface area contributed by atoms with Gasteiger partial charge in [0.25, 0.3) is 11.8 Å². The normalized spacial score (nSPS) is 10.4. The molecule has 0 spiro atoms. The van der Waals surface area contributed by atoms with Crippen LogP contribution in [0.2, 0.25) is 0 Å². The summed E-state index contributed by atoms with van der Waals surface area (Å²) >= 11 is 0. The molecule has 0 atom stereocenters. The number of nitrogens with two attached hydrogens (primary N) is 1. The van der Waals surface area contributed by atoms with Crippen molar-refractivity contribution in [1.82, 2.24) is 16.0 Å². The molecule has 0 heterocycles. The molecule has 0 saturated heterocycles. The van der Waals surface area contributed by atoms with Crippen molar-refractivity contribution in [2.45, 2.75) is 51.4 Å². The summed E-state index contributed by atoms with van der Waals surface area (Å²) in [6, 6.07) is 12.7. The number of rotatable bonds is 18. The van der Waals surface area contributed by atoms with Gasteiger partial charge in [0.15, 0.2) is 0 Å². The molecule has 5 N–H and O–H groups in total. The maximum atomic E-state index is 12.4. The summed E-state index contributed by atoms with van der Waals surface area (Å²) in [5.41, 5.74) is 7.25. The van der Waals surface area contributed by atoms with Gasteiger partial charge in [0.1, 0.15) is 0 Å². The summed E-state index contributed by atoms with van der Waals surface area (Å²) in [5.74, 6) is -1.16. The number of hydrogen-bond acceptors (Lipinski definition) is 7. The molecule has 3 amide bonds. The van der Waals surface area contributed by atoms with Crippen LogP contribution >= 0.6 is 0 Å². The summed E-state index contributed by atoms with van der Waals surface area (Å²) in [5, 5.41) is 11.7. The second kappa shape index (κ2) is 18.4. The van der Waals surface area contributed by atoms with E-state index in [1.807, 2.05) is 0 Å². The van der Waals surface area contributed by atoms with E-state index < -0.39 is 5.97 Å². The standard InChI is InChI=1S/C28H38BN5O5/c29-34-39-28(38)24-15-13-23(14-16-24)27(37)33-20-8-4-3-7-19-32-26(36)22-11-9-21(10-12-22)25(35)31-18-6-2-1-5-17-30/h9-16,29H,1-8,17-20,30H2,(H,31,35)(H,32,36)(H,33,37). The predicted octanol–water partition coefficient (Wildman–Crippen LogP) is 2.81. The van der Waals surface area contributed by atoms with E-state index in [1.165, 1.54) is 12.1 Å². The summed E-state index contributed by atoms with van der Waals surface area (Å²) < 4.78 is 0. The Balaban J connectivity index is 1.55. The summed E-state index contributed by atoms with van der Waals surface area (Å²) in [7, 11) is 3.09. The monoisotopic (exact) mass is 535 g/mol. The van der Waals surface area contributed by atoms with Crippen LogP contribution in [-0.4, -0.2) is 57.5 Å². The molecule has 0 aliphatic heterocycles. The van der Waals surface area contributed by atoms with Crippen molar-refractivity contribution in [2.75, 3.05) is 26.2 Å². The summed E-state index contributed by atoms with van der Waals surface area (Å²) in [6.45, 7) is 2.40. The molecule has 39 heavy (non-hydrogen) atoms. The van der Waals surface area contributed by atoms with E-state index in [1.54, 1.807) is 36.4 Å². The number of carbonyl (C=O) groups is 4. The third kappa shape index (κ3) is 12.0. The van der Waals surface area contributed by atoms with Crippen LogP contribution in [0.25, 0.3) is 0 Å². The number of carbonyl (C=O) groups excluding carboxylic acids is 4. The first-order valence-electron chi connectivity index (χ1n) is 13.4. The molecular weight excluding hydrogens is 497 g/mol. The molecular formula is C28H38BN5O5. The van der Waals surface area contributed by atoms with Gasteiger partial charge >= 0.3 is 99.1 Å². The minimum atomic E-state index is -0.633. The Bertz CT molecular complexity index is 1080. The van der Waals surface area contributed by atoms with Crippen molar-refractivity contribution in [3.63, 3.8) is 0 Å². The SMILES string of the molecule is B=NOC(=O)c1ccc(C(=O)NCCCCCCNC(=O)c2ccc(C(=O)NCCCCCCN)cc2)cc1. The van der Waals surface area contributed by atoms with Crippen molar-refractivity contribution in [2.24, 2.45) is 10.8 Å². The van der Waals surface area contributed by atoms with E-state index in [2.05, 4.69) is 33.5 Å². The fourth-order valence-electron chi connectivity index (χ4n) is 3.78. The number of nitrogens with one attached hydrogen (secondary N) is 3. The number of hydrogen-bond donors (Lipinski definition) is 4. The fourth-order valence-corrected chi connectivity index (χ4v) is 3.78. The van der Waals surface area contributed by atoms with Crippen LogP contribution in [0.4, 0.5) is 0 Å². The van der Waals surface area contributed by atoms with Gasteiger partial charge in [-0.25, -0.2) is 0 Å². The first-order chi connectivity index (χ1) is 19.0. The molecule has 0 saturated carbocycles. The first-order valence-corrected chi connectivity index (χ1v) is 13.4. The van der Waals surface area contributed by atoms with Crippen molar-refractivity contribution >= 4 is 31.3 Å². The second-order valence-electron chi connectivity index (χ2n) is 9.05. The molecule has 0 bridgehead atoms. The average molecular weight is 535 g/mol. The molecule has 11 heteroatoms. The molecule has 0 unspecified atom stereocenters. The Labute approximate surface area is 230 Å². The van der Waals surface area contributed by atoms with Crippen LogP contribution in [0.5, 0.6) is 0 Å². The van der Waals surface area contributed by atoms with Gasteiger partial charge in [-0.2, -0.15) is 0 Å². The van der Waals surface area contributed by atoms with Crippen LogP contribution in [-0.2, 0) is 4.84 Å². The van der Waals surface area contributed by atoms with Crippen molar-refractivity contribution in [3.05, 3.63) is 70.8 Å². The molecule has 2 aromatic rings. The molecule has 208 valence electrons. The molecule has 0 radical (unpaired) electrons. The van der Waals surface area contributed by atoms with Crippen LogP contribution in [0.15, 0.2) is 53.6 Å². The molecule has 2 aromatic carbocycles. The summed E-state index contributed by atoms with van der Waals surface area (Å²) in [6.07, 6.45) is 7.50. The van der Waals surface area contributed by atoms with E-state index in [9.17, 15) is 19.2 Å². The van der Waals surface area contributed by atoms with Gasteiger partial charge in [-0.15, -0.1) is 0 Å². The summed E-state index contributed by atoms with van der Waals surface area (Å²) in [4.78, 5) is 52.8. The zero-order valence-electron chi connectivity index (χ0n) is 22.4. The van der Waals surface area contributed by atoms with Gasteiger partial charge in [-0.05, 0) is 50.1 Å². The van der Waals surface area contributed by atoms with Crippen LogP contribution in [0.1, 0.15) is 92.8 Å². The fraction of sp³-hybridized carbons (Fsp3) is 0.429. The van der Waals surface area contributed by atoms with Crippen LogP contribution in [0.3, 0.4) is 0 Å². The predicted molar refractivity (Wildman–Crippen MR) is 151 cm³/mol. The molecule has 0 aliphatic carbocycles. The van der Waals surface area contributed by atoms with Gasteiger partial charge < -0.3 is 16.4 Å². The third-order valence-electron chi connectivity index (χ3n) is 6.03. The van der Waals surface area contributed by atoms with E-state index in [0.717, 1.165) is 51.4 Å². The van der Waals surface area contributed by atoms with E-state index in [0.29, 0.717) is 42.9 Å². The van der Waals surface area contributed by atoms with Gasteiger partial charge in [0.05, 0.1) is 0 Å². The third-order valence-corrected chi connectivity index (χ3v) is 6.03. The van der Waals surface area contributed by atoms with E-state index in [-0.39, 0.29) is 23.3 Å². The van der Waals surface area contributed by atoms with Crippen molar-refractivity contribution < 1.29 is 24.0 Å². The van der Waals surface area contributed by atoms with Gasteiger partial charge in [-0.3, -0.25) is 9.59 Å². The Hall–Kier alpha value is -3.86. The zero-order chi connectivity index (χ0) is 28.3. The van der Waals surface area contributed by atoms with Crippen LogP contribution in [0, 0.1) is 0 Å². The minimum absolute atomic E-state index is 0.140. The van der Waals surface area contributed by atoms with Gasteiger partial charge in [0.2, 0.25) is 0 Å². The number of unbranched alkanes of at least 4 members (excludes halogenated alkanes) is 6. The Morgan fingerprint density at radius 2 is 0.923 bits per heavy atom. The molecule has 0 aromatic heterocycles. The number of nitrogens with zero attached hydrogens (tertiary/aromatic N) is 1. The Morgan fingerprint density at radius 1 is 0.590 bits per heavy atom. The Kier molecular flexibility index (Phi) is 14.8. The van der Waals surface area contributed by atoms with Gasteiger partial charge in [-0.1, -0.05) is 19.3 Å². The van der Waals surface area contributed by atoms with Crippen molar-refractivity contribution in [3.8, 4) is 0 Å². The molecule has 2 rings (SSSR count). The maximum absolute atomic E-state index is 12.4.